The van der Waals surface area contributed by atoms with E-state index in [2.05, 4.69) is 62.1 Å². The SMILES string of the molecule is Cl.Fc1ccc(N2CCC(NCc3ccc(I)cc3)C2)cn1. The van der Waals surface area contributed by atoms with E-state index in [1.807, 2.05) is 0 Å². The zero-order chi connectivity index (χ0) is 14.7. The van der Waals surface area contributed by atoms with Crippen molar-refractivity contribution in [3.8, 4) is 0 Å². The molecule has 1 atom stereocenters. The monoisotopic (exact) mass is 433 g/mol. The minimum atomic E-state index is -0.425. The van der Waals surface area contributed by atoms with Gasteiger partial charge in [-0.25, -0.2) is 4.98 Å². The van der Waals surface area contributed by atoms with Gasteiger partial charge in [0.2, 0.25) is 5.95 Å². The summed E-state index contributed by atoms with van der Waals surface area (Å²) in [7, 11) is 0. The normalized spacial score (nSPS) is 17.4. The molecule has 3 nitrogen and oxygen atoms in total. The van der Waals surface area contributed by atoms with Crippen LogP contribution in [0, 0.1) is 9.52 Å². The number of hydrogen-bond acceptors (Lipinski definition) is 3. The number of rotatable bonds is 4. The van der Waals surface area contributed by atoms with Crippen LogP contribution < -0.4 is 10.2 Å². The maximum atomic E-state index is 12.8. The lowest BCUT2D eigenvalue weighted by Crippen LogP contribution is -2.32. The lowest BCUT2D eigenvalue weighted by Gasteiger charge is -2.18. The highest BCUT2D eigenvalue weighted by Gasteiger charge is 2.22. The van der Waals surface area contributed by atoms with Crippen molar-refractivity contribution in [3.05, 3.63) is 57.7 Å². The zero-order valence-corrected chi connectivity index (χ0v) is 15.0. The van der Waals surface area contributed by atoms with E-state index in [1.165, 1.54) is 15.2 Å². The van der Waals surface area contributed by atoms with Gasteiger partial charge in [-0.15, -0.1) is 12.4 Å². The first-order chi connectivity index (χ1) is 10.2. The van der Waals surface area contributed by atoms with E-state index in [1.54, 1.807) is 12.3 Å². The molecule has 2 heterocycles. The number of nitrogens with one attached hydrogen (secondary N) is 1. The van der Waals surface area contributed by atoms with Crippen molar-refractivity contribution in [3.63, 3.8) is 0 Å². The molecule has 1 aliphatic heterocycles. The molecule has 118 valence electrons. The van der Waals surface area contributed by atoms with Gasteiger partial charge in [0, 0.05) is 29.2 Å². The molecule has 0 spiro atoms. The van der Waals surface area contributed by atoms with Gasteiger partial charge in [-0.3, -0.25) is 0 Å². The number of nitrogens with zero attached hydrogens (tertiary/aromatic N) is 2. The Labute approximate surface area is 149 Å². The molecule has 1 N–H and O–H groups in total. The van der Waals surface area contributed by atoms with Crippen LogP contribution in [0.25, 0.3) is 0 Å². The molecule has 22 heavy (non-hydrogen) atoms. The van der Waals surface area contributed by atoms with E-state index >= 15 is 0 Å². The summed E-state index contributed by atoms with van der Waals surface area (Å²) in [6, 6.07) is 12.3. The third-order valence-electron chi connectivity index (χ3n) is 3.77. The van der Waals surface area contributed by atoms with Crippen molar-refractivity contribution in [2.75, 3.05) is 18.0 Å². The second-order valence-electron chi connectivity index (χ2n) is 5.28. The van der Waals surface area contributed by atoms with Crippen LogP contribution in [0.1, 0.15) is 12.0 Å². The van der Waals surface area contributed by atoms with E-state index in [0.717, 1.165) is 31.7 Å². The van der Waals surface area contributed by atoms with Gasteiger partial charge in [0.1, 0.15) is 0 Å². The maximum absolute atomic E-state index is 12.8. The summed E-state index contributed by atoms with van der Waals surface area (Å²) in [5.74, 6) is -0.425. The minimum Gasteiger partial charge on any atom is -0.369 e. The second-order valence-corrected chi connectivity index (χ2v) is 6.52. The average molecular weight is 434 g/mol. The predicted molar refractivity (Wildman–Crippen MR) is 98.1 cm³/mol. The Balaban J connectivity index is 0.00000176. The summed E-state index contributed by atoms with van der Waals surface area (Å²) < 4.78 is 14.1. The van der Waals surface area contributed by atoms with Gasteiger partial charge in [0.25, 0.3) is 0 Å². The molecule has 1 fully saturated rings. The Morgan fingerprint density at radius 2 is 2.00 bits per heavy atom. The van der Waals surface area contributed by atoms with Gasteiger partial charge in [0.15, 0.2) is 0 Å². The van der Waals surface area contributed by atoms with Crippen molar-refractivity contribution >= 4 is 40.7 Å². The Bertz CT molecular complexity index is 591. The fraction of sp³-hybridized carbons (Fsp3) is 0.312. The van der Waals surface area contributed by atoms with Gasteiger partial charge >= 0.3 is 0 Å². The molecule has 6 heteroatoms. The minimum absolute atomic E-state index is 0. The molecule has 1 unspecified atom stereocenters. The fourth-order valence-electron chi connectivity index (χ4n) is 2.58. The summed E-state index contributed by atoms with van der Waals surface area (Å²) in [5, 5.41) is 3.59. The smallest absolute Gasteiger partial charge is 0.212 e. The molecule has 0 aliphatic carbocycles. The van der Waals surface area contributed by atoms with Gasteiger partial charge in [-0.2, -0.15) is 4.39 Å². The van der Waals surface area contributed by atoms with Crippen LogP contribution in [0.3, 0.4) is 0 Å². The Kier molecular flexibility index (Phi) is 6.40. The summed E-state index contributed by atoms with van der Waals surface area (Å²) in [5.41, 5.74) is 2.30. The van der Waals surface area contributed by atoms with E-state index in [0.29, 0.717) is 6.04 Å². The summed E-state index contributed by atoms with van der Waals surface area (Å²) >= 11 is 2.31. The van der Waals surface area contributed by atoms with E-state index in [4.69, 9.17) is 0 Å². The number of hydrogen-bond donors (Lipinski definition) is 1. The van der Waals surface area contributed by atoms with Crippen molar-refractivity contribution < 1.29 is 4.39 Å². The third kappa shape index (κ3) is 4.54. The largest absolute Gasteiger partial charge is 0.369 e. The summed E-state index contributed by atoms with van der Waals surface area (Å²) in [4.78, 5) is 5.97. The van der Waals surface area contributed by atoms with Gasteiger partial charge in [0.05, 0.1) is 11.9 Å². The summed E-state index contributed by atoms with van der Waals surface area (Å²) in [6.07, 6.45) is 2.71. The van der Waals surface area contributed by atoms with Gasteiger partial charge in [-0.1, -0.05) is 12.1 Å². The molecule has 1 aromatic heterocycles. The molecule has 3 rings (SSSR count). The highest BCUT2D eigenvalue weighted by Crippen LogP contribution is 2.19. The van der Waals surface area contributed by atoms with E-state index in [-0.39, 0.29) is 12.4 Å². The topological polar surface area (TPSA) is 28.2 Å². The molecule has 0 saturated carbocycles. The molecule has 1 aromatic carbocycles. The number of halogens is 3. The predicted octanol–water partition coefficient (Wildman–Crippen LogP) is 3.62. The average Bonchev–Trinajstić information content (AvgIpc) is 2.96. The van der Waals surface area contributed by atoms with Crippen LogP contribution in [-0.4, -0.2) is 24.1 Å². The van der Waals surface area contributed by atoms with Crippen LogP contribution in [0.5, 0.6) is 0 Å². The standard InChI is InChI=1S/C16H17FIN3.ClH/c17-16-6-5-15(10-20-16)21-8-7-14(11-21)19-9-12-1-3-13(18)4-2-12;/h1-6,10,14,19H,7-9,11H2;1H. The van der Waals surface area contributed by atoms with E-state index in [9.17, 15) is 4.39 Å². The van der Waals surface area contributed by atoms with Crippen molar-refractivity contribution in [2.45, 2.75) is 19.0 Å². The maximum Gasteiger partial charge on any atom is 0.212 e. The number of benzene rings is 1. The number of aromatic nitrogens is 1. The molecule has 1 aliphatic rings. The third-order valence-corrected chi connectivity index (χ3v) is 4.49. The van der Waals surface area contributed by atoms with Crippen molar-refractivity contribution in [2.24, 2.45) is 0 Å². The summed E-state index contributed by atoms with van der Waals surface area (Å²) in [6.45, 7) is 2.81. The van der Waals surface area contributed by atoms with Crippen molar-refractivity contribution in [1.82, 2.24) is 10.3 Å². The van der Waals surface area contributed by atoms with Gasteiger partial charge in [-0.05, 0) is 58.8 Å². The first-order valence-electron chi connectivity index (χ1n) is 7.05. The first kappa shape index (κ1) is 17.4. The Morgan fingerprint density at radius 1 is 1.23 bits per heavy atom. The van der Waals surface area contributed by atoms with Crippen LogP contribution in [-0.2, 0) is 6.54 Å². The van der Waals surface area contributed by atoms with Crippen LogP contribution >= 0.6 is 35.0 Å². The van der Waals surface area contributed by atoms with Gasteiger partial charge < -0.3 is 10.2 Å². The number of pyridine rings is 1. The second kappa shape index (κ2) is 8.08. The molecule has 1 saturated heterocycles. The van der Waals surface area contributed by atoms with Crippen LogP contribution in [0.2, 0.25) is 0 Å². The Morgan fingerprint density at radius 3 is 2.68 bits per heavy atom. The Hall–Kier alpha value is -0.920. The van der Waals surface area contributed by atoms with Crippen LogP contribution in [0.15, 0.2) is 42.6 Å². The van der Waals surface area contributed by atoms with Crippen molar-refractivity contribution in [1.29, 1.82) is 0 Å². The zero-order valence-electron chi connectivity index (χ0n) is 12.0. The molecule has 0 amide bonds. The first-order valence-corrected chi connectivity index (χ1v) is 8.13. The molecular formula is C16H18ClFIN3. The lowest BCUT2D eigenvalue weighted by atomic mass is 10.2. The molecule has 0 radical (unpaired) electrons. The highest BCUT2D eigenvalue weighted by molar-refractivity contribution is 14.1. The molecular weight excluding hydrogens is 416 g/mol. The lowest BCUT2D eigenvalue weighted by molar-refractivity contribution is 0.551. The van der Waals surface area contributed by atoms with Crippen LogP contribution in [0.4, 0.5) is 10.1 Å². The fourth-order valence-corrected chi connectivity index (χ4v) is 2.94. The molecule has 2 aromatic rings. The quantitative estimate of drug-likeness (QED) is 0.590. The number of anilines is 1. The molecule has 0 bridgehead atoms. The van der Waals surface area contributed by atoms with E-state index < -0.39 is 5.95 Å². The highest BCUT2D eigenvalue weighted by atomic mass is 127.